The van der Waals surface area contributed by atoms with E-state index in [0.717, 1.165) is 24.8 Å². The number of carbonyl (C=O) groups is 2. The molecule has 0 radical (unpaired) electrons. The van der Waals surface area contributed by atoms with E-state index in [4.69, 9.17) is 9.47 Å². The standard InChI is InChI=1S/C19H30N2O4/c1-5-16(21-18(23)25-19(2,3)4)12-9-13-20-17(22)24-14-15-10-7-6-8-11-15/h6-8,10-11,16H,5,9,12-14H2,1-4H3,(H,20,22)(H,21,23)/t16-/m1/s1. The summed E-state index contributed by atoms with van der Waals surface area (Å²) >= 11 is 0. The summed E-state index contributed by atoms with van der Waals surface area (Å²) in [6.45, 7) is 8.25. The first-order chi connectivity index (χ1) is 11.8. The summed E-state index contributed by atoms with van der Waals surface area (Å²) in [6, 6.07) is 9.55. The molecule has 1 aromatic rings. The Labute approximate surface area is 150 Å². The number of rotatable bonds is 8. The normalized spacial score (nSPS) is 12.2. The van der Waals surface area contributed by atoms with Gasteiger partial charge in [0.25, 0.3) is 0 Å². The summed E-state index contributed by atoms with van der Waals surface area (Å²) in [5.74, 6) is 0. The van der Waals surface area contributed by atoms with Crippen molar-refractivity contribution in [2.24, 2.45) is 0 Å². The first kappa shape index (κ1) is 20.8. The van der Waals surface area contributed by atoms with Crippen LogP contribution in [0.5, 0.6) is 0 Å². The summed E-state index contributed by atoms with van der Waals surface area (Å²) in [4.78, 5) is 23.4. The van der Waals surface area contributed by atoms with E-state index in [2.05, 4.69) is 10.6 Å². The molecule has 1 rings (SSSR count). The van der Waals surface area contributed by atoms with Crippen molar-refractivity contribution in [1.82, 2.24) is 10.6 Å². The molecule has 0 aliphatic rings. The van der Waals surface area contributed by atoms with Crippen LogP contribution in [-0.2, 0) is 16.1 Å². The lowest BCUT2D eigenvalue weighted by Gasteiger charge is -2.23. The second-order valence-corrected chi connectivity index (χ2v) is 6.88. The molecule has 2 amide bonds. The molecule has 0 aliphatic carbocycles. The van der Waals surface area contributed by atoms with Crippen LogP contribution in [0, 0.1) is 0 Å². The van der Waals surface area contributed by atoms with E-state index in [9.17, 15) is 9.59 Å². The van der Waals surface area contributed by atoms with E-state index in [1.807, 2.05) is 58.0 Å². The van der Waals surface area contributed by atoms with Gasteiger partial charge in [-0.05, 0) is 45.6 Å². The van der Waals surface area contributed by atoms with E-state index in [-0.39, 0.29) is 12.6 Å². The lowest BCUT2D eigenvalue weighted by molar-refractivity contribution is 0.0499. The van der Waals surface area contributed by atoms with E-state index < -0.39 is 17.8 Å². The number of nitrogens with one attached hydrogen (secondary N) is 2. The summed E-state index contributed by atoms with van der Waals surface area (Å²) in [6.07, 6.45) is 1.47. The number of alkyl carbamates (subject to hydrolysis) is 2. The predicted molar refractivity (Wildman–Crippen MR) is 97.3 cm³/mol. The van der Waals surface area contributed by atoms with E-state index in [1.54, 1.807) is 0 Å². The van der Waals surface area contributed by atoms with Gasteiger partial charge in [0, 0.05) is 12.6 Å². The van der Waals surface area contributed by atoms with Gasteiger partial charge in [-0.2, -0.15) is 0 Å². The second-order valence-electron chi connectivity index (χ2n) is 6.88. The average Bonchev–Trinajstić information content (AvgIpc) is 2.55. The third-order valence-corrected chi connectivity index (χ3v) is 3.43. The zero-order valence-electron chi connectivity index (χ0n) is 15.6. The van der Waals surface area contributed by atoms with Crippen LogP contribution < -0.4 is 10.6 Å². The molecule has 0 aromatic heterocycles. The Morgan fingerprint density at radius 3 is 2.40 bits per heavy atom. The maximum Gasteiger partial charge on any atom is 0.407 e. The quantitative estimate of drug-likeness (QED) is 0.695. The lowest BCUT2D eigenvalue weighted by Crippen LogP contribution is -2.39. The van der Waals surface area contributed by atoms with Crippen LogP contribution >= 0.6 is 0 Å². The van der Waals surface area contributed by atoms with Crippen LogP contribution in [0.1, 0.15) is 52.5 Å². The van der Waals surface area contributed by atoms with Crippen LogP contribution in [0.25, 0.3) is 0 Å². The highest BCUT2D eigenvalue weighted by molar-refractivity contribution is 5.68. The van der Waals surface area contributed by atoms with E-state index >= 15 is 0 Å². The van der Waals surface area contributed by atoms with Crippen molar-refractivity contribution < 1.29 is 19.1 Å². The topological polar surface area (TPSA) is 76.7 Å². The predicted octanol–water partition coefficient (Wildman–Crippen LogP) is 4.00. The average molecular weight is 350 g/mol. The SMILES string of the molecule is CC[C@H](CCCNC(=O)OCc1ccccc1)NC(=O)OC(C)(C)C. The number of amides is 2. The molecule has 0 saturated heterocycles. The molecule has 0 heterocycles. The van der Waals surface area contributed by atoms with Crippen molar-refractivity contribution in [2.45, 2.75) is 65.2 Å². The van der Waals surface area contributed by atoms with Gasteiger partial charge in [-0.15, -0.1) is 0 Å². The van der Waals surface area contributed by atoms with E-state index in [0.29, 0.717) is 6.54 Å². The van der Waals surface area contributed by atoms with Crippen molar-refractivity contribution in [3.05, 3.63) is 35.9 Å². The minimum atomic E-state index is -0.507. The molecule has 1 atom stereocenters. The fourth-order valence-electron chi connectivity index (χ4n) is 2.17. The molecule has 0 bridgehead atoms. The van der Waals surface area contributed by atoms with Crippen LogP contribution in [0.15, 0.2) is 30.3 Å². The summed E-state index contributed by atoms with van der Waals surface area (Å²) in [7, 11) is 0. The fourth-order valence-corrected chi connectivity index (χ4v) is 2.17. The first-order valence-corrected chi connectivity index (χ1v) is 8.74. The smallest absolute Gasteiger partial charge is 0.407 e. The maximum absolute atomic E-state index is 11.8. The Morgan fingerprint density at radius 1 is 1.12 bits per heavy atom. The Kier molecular flexibility index (Phi) is 8.81. The van der Waals surface area contributed by atoms with Crippen LogP contribution in [0.4, 0.5) is 9.59 Å². The van der Waals surface area contributed by atoms with Gasteiger partial charge in [-0.1, -0.05) is 37.3 Å². The molecule has 0 aliphatic heterocycles. The molecule has 0 spiro atoms. The van der Waals surface area contributed by atoms with Gasteiger partial charge in [0.2, 0.25) is 0 Å². The minimum absolute atomic E-state index is 0.0250. The van der Waals surface area contributed by atoms with Gasteiger partial charge < -0.3 is 20.1 Å². The molecule has 140 valence electrons. The molecule has 6 heteroatoms. The Morgan fingerprint density at radius 2 is 1.80 bits per heavy atom. The van der Waals surface area contributed by atoms with E-state index in [1.165, 1.54) is 0 Å². The third-order valence-electron chi connectivity index (χ3n) is 3.43. The molecule has 25 heavy (non-hydrogen) atoms. The maximum atomic E-state index is 11.8. The van der Waals surface area contributed by atoms with Crippen molar-refractivity contribution in [3.63, 3.8) is 0 Å². The summed E-state index contributed by atoms with van der Waals surface area (Å²) in [5, 5.41) is 5.57. The number of ether oxygens (including phenoxy) is 2. The molecular weight excluding hydrogens is 320 g/mol. The Balaban J connectivity index is 2.17. The lowest BCUT2D eigenvalue weighted by atomic mass is 10.1. The zero-order valence-corrected chi connectivity index (χ0v) is 15.6. The third kappa shape index (κ3) is 10.3. The Bertz CT molecular complexity index is 526. The molecular formula is C19H30N2O4. The minimum Gasteiger partial charge on any atom is -0.445 e. The molecule has 1 aromatic carbocycles. The highest BCUT2D eigenvalue weighted by Gasteiger charge is 2.18. The van der Waals surface area contributed by atoms with Crippen molar-refractivity contribution in [3.8, 4) is 0 Å². The second kappa shape index (κ2) is 10.6. The Hall–Kier alpha value is -2.24. The molecule has 0 unspecified atom stereocenters. The van der Waals surface area contributed by atoms with Gasteiger partial charge in [0.05, 0.1) is 0 Å². The molecule has 0 saturated carbocycles. The largest absolute Gasteiger partial charge is 0.445 e. The fraction of sp³-hybridized carbons (Fsp3) is 0.579. The van der Waals surface area contributed by atoms with Crippen molar-refractivity contribution in [2.75, 3.05) is 6.54 Å². The summed E-state index contributed by atoms with van der Waals surface area (Å²) < 4.78 is 10.4. The van der Waals surface area contributed by atoms with Crippen LogP contribution in [-0.4, -0.2) is 30.4 Å². The molecule has 2 N–H and O–H groups in total. The summed E-state index contributed by atoms with van der Waals surface area (Å²) in [5.41, 5.74) is 0.442. The highest BCUT2D eigenvalue weighted by Crippen LogP contribution is 2.08. The zero-order chi connectivity index (χ0) is 18.7. The van der Waals surface area contributed by atoms with Crippen molar-refractivity contribution >= 4 is 12.2 Å². The van der Waals surface area contributed by atoms with Gasteiger partial charge in [-0.3, -0.25) is 0 Å². The number of benzene rings is 1. The first-order valence-electron chi connectivity index (χ1n) is 8.74. The van der Waals surface area contributed by atoms with Crippen LogP contribution in [0.3, 0.4) is 0 Å². The monoisotopic (exact) mass is 350 g/mol. The number of hydrogen-bond donors (Lipinski definition) is 2. The van der Waals surface area contributed by atoms with Crippen LogP contribution in [0.2, 0.25) is 0 Å². The number of hydrogen-bond acceptors (Lipinski definition) is 4. The highest BCUT2D eigenvalue weighted by atomic mass is 16.6. The van der Waals surface area contributed by atoms with Gasteiger partial charge >= 0.3 is 12.2 Å². The molecule has 0 fully saturated rings. The van der Waals surface area contributed by atoms with Gasteiger partial charge in [0.1, 0.15) is 12.2 Å². The van der Waals surface area contributed by atoms with Crippen molar-refractivity contribution in [1.29, 1.82) is 0 Å². The number of carbonyl (C=O) groups excluding carboxylic acids is 2. The molecule has 6 nitrogen and oxygen atoms in total. The van der Waals surface area contributed by atoms with Gasteiger partial charge in [-0.25, -0.2) is 9.59 Å². The van der Waals surface area contributed by atoms with Gasteiger partial charge in [0.15, 0.2) is 0 Å².